The lowest BCUT2D eigenvalue weighted by Gasteiger charge is -2.70. The largest absolute Gasteiger partial charge is 0.325 e. The molecule has 0 nitrogen and oxygen atoms in total. The minimum atomic E-state index is -3.95. The van der Waals surface area contributed by atoms with Gasteiger partial charge in [0.15, 0.2) is 0 Å². The lowest BCUT2D eigenvalue weighted by molar-refractivity contribution is -0.362. The summed E-state index contributed by atoms with van der Waals surface area (Å²) < 4.78 is 59.3. The van der Waals surface area contributed by atoms with Gasteiger partial charge in [0.25, 0.3) is 0 Å². The van der Waals surface area contributed by atoms with Gasteiger partial charge in [0.2, 0.25) is 0 Å². The minimum Gasteiger partial charge on any atom is -0.199 e. The highest BCUT2D eigenvalue weighted by Gasteiger charge is 2.84. The van der Waals surface area contributed by atoms with Crippen LogP contribution in [0.2, 0.25) is 0 Å². The summed E-state index contributed by atoms with van der Waals surface area (Å²) in [6, 6.07) is 0. The number of alkyl halides is 5. The van der Waals surface area contributed by atoms with E-state index in [2.05, 4.69) is 22.9 Å². The van der Waals surface area contributed by atoms with E-state index in [1.165, 1.54) is 25.7 Å². The molecule has 7 aliphatic rings. The van der Waals surface area contributed by atoms with E-state index < -0.39 is 27.0 Å². The van der Waals surface area contributed by atoms with Gasteiger partial charge >= 0.3 is 11.8 Å². The fourth-order valence-electron chi connectivity index (χ4n) is 8.56. The summed E-state index contributed by atoms with van der Waals surface area (Å²) in [5.74, 6) is -6.31. The van der Waals surface area contributed by atoms with Crippen LogP contribution in [-0.4, -0.2) is 16.2 Å². The molecular formula is C23H33BrF4. The molecule has 0 amide bonds. The first-order valence-electron chi connectivity index (χ1n) is 11.5. The predicted octanol–water partition coefficient (Wildman–Crippen LogP) is 8.13. The number of fused-ring (bicyclic) bond motifs is 6. The molecule has 160 valence electrons. The second-order valence-electron chi connectivity index (χ2n) is 11.3. The molecule has 5 heteroatoms. The smallest absolute Gasteiger partial charge is 0.199 e. The zero-order valence-electron chi connectivity index (χ0n) is 16.9. The maximum absolute atomic E-state index is 15.5. The van der Waals surface area contributed by atoms with E-state index in [0.29, 0.717) is 5.41 Å². The molecule has 7 rings (SSSR count). The van der Waals surface area contributed by atoms with Gasteiger partial charge in [0.1, 0.15) is 0 Å². The molecule has 28 heavy (non-hydrogen) atoms. The highest BCUT2D eigenvalue weighted by Crippen LogP contribution is 2.79. The first kappa shape index (κ1) is 20.1. The molecule has 0 aromatic rings. The first-order chi connectivity index (χ1) is 13.0. The monoisotopic (exact) mass is 464 g/mol. The fourth-order valence-corrected chi connectivity index (χ4v) is 9.21. The zero-order valence-corrected chi connectivity index (χ0v) is 18.5. The molecule has 0 aromatic heterocycles. The Morgan fingerprint density at radius 1 is 0.643 bits per heavy atom. The maximum Gasteiger partial charge on any atom is 0.325 e. The zero-order chi connectivity index (χ0) is 20.1. The molecule has 0 unspecified atom stereocenters. The van der Waals surface area contributed by atoms with E-state index in [4.69, 9.17) is 0 Å². The van der Waals surface area contributed by atoms with Crippen molar-refractivity contribution in [1.29, 1.82) is 0 Å². The SMILES string of the molecule is CC1CCC(C23CCC(C45CCC(Br)(CC4)C(F)(F)C5(F)F)(CC2)CC3)CC1. The topological polar surface area (TPSA) is 0 Å². The molecule has 0 N–H and O–H groups in total. The van der Waals surface area contributed by atoms with Crippen LogP contribution < -0.4 is 0 Å². The first-order valence-corrected chi connectivity index (χ1v) is 12.3. The van der Waals surface area contributed by atoms with Crippen LogP contribution in [0.5, 0.6) is 0 Å². The van der Waals surface area contributed by atoms with Gasteiger partial charge in [-0.15, -0.1) is 0 Å². The van der Waals surface area contributed by atoms with Crippen LogP contribution >= 0.6 is 15.9 Å². The Kier molecular flexibility index (Phi) is 4.25. The Morgan fingerprint density at radius 2 is 1.14 bits per heavy atom. The Hall–Kier alpha value is 0.200. The van der Waals surface area contributed by atoms with Crippen LogP contribution in [0.25, 0.3) is 0 Å². The van der Waals surface area contributed by atoms with Crippen molar-refractivity contribution in [3.05, 3.63) is 0 Å². The maximum atomic E-state index is 15.5. The molecule has 0 aliphatic heterocycles. The van der Waals surface area contributed by atoms with E-state index in [9.17, 15) is 8.78 Å². The second kappa shape index (κ2) is 5.91. The Morgan fingerprint density at radius 3 is 1.64 bits per heavy atom. The average molecular weight is 465 g/mol. The summed E-state index contributed by atoms with van der Waals surface area (Å²) in [6.07, 6.45) is 11.3. The third-order valence-corrected chi connectivity index (χ3v) is 11.9. The van der Waals surface area contributed by atoms with Crippen LogP contribution in [0.15, 0.2) is 0 Å². The number of rotatable bonds is 2. The highest BCUT2D eigenvalue weighted by atomic mass is 79.9. The van der Waals surface area contributed by atoms with E-state index in [-0.39, 0.29) is 25.7 Å². The van der Waals surface area contributed by atoms with Gasteiger partial charge in [-0.1, -0.05) is 35.7 Å². The van der Waals surface area contributed by atoms with Gasteiger partial charge in [-0.05, 0) is 99.7 Å². The van der Waals surface area contributed by atoms with Crippen molar-refractivity contribution in [3.63, 3.8) is 0 Å². The summed E-state index contributed by atoms with van der Waals surface area (Å²) in [5, 5.41) is 0. The molecule has 0 radical (unpaired) electrons. The second-order valence-corrected chi connectivity index (χ2v) is 12.8. The predicted molar refractivity (Wildman–Crippen MR) is 106 cm³/mol. The highest BCUT2D eigenvalue weighted by molar-refractivity contribution is 9.10. The molecule has 0 atom stereocenters. The molecule has 4 bridgehead atoms. The van der Waals surface area contributed by atoms with Crippen molar-refractivity contribution in [2.45, 2.75) is 113 Å². The summed E-state index contributed by atoms with van der Waals surface area (Å²) in [4.78, 5) is 0. The van der Waals surface area contributed by atoms with E-state index in [0.717, 1.165) is 50.4 Å². The van der Waals surface area contributed by atoms with Crippen LogP contribution in [0, 0.1) is 28.1 Å². The molecule has 0 saturated heterocycles. The molecule has 7 saturated carbocycles. The van der Waals surface area contributed by atoms with Gasteiger partial charge < -0.3 is 0 Å². The van der Waals surface area contributed by atoms with Crippen molar-refractivity contribution >= 4 is 15.9 Å². The third kappa shape index (κ3) is 2.19. The molecule has 0 spiro atoms. The Balaban J connectivity index is 1.43. The van der Waals surface area contributed by atoms with Crippen molar-refractivity contribution in [3.8, 4) is 0 Å². The van der Waals surface area contributed by atoms with Crippen molar-refractivity contribution in [1.82, 2.24) is 0 Å². The van der Waals surface area contributed by atoms with Crippen molar-refractivity contribution < 1.29 is 17.6 Å². The van der Waals surface area contributed by atoms with Gasteiger partial charge in [-0.2, -0.15) is 17.6 Å². The molecular weight excluding hydrogens is 432 g/mol. The molecule has 0 heterocycles. The van der Waals surface area contributed by atoms with Gasteiger partial charge in [-0.3, -0.25) is 0 Å². The normalized spacial score (nSPS) is 54.6. The molecule has 0 aromatic carbocycles. The lowest BCUT2D eigenvalue weighted by Crippen LogP contribution is -2.75. The molecule has 7 fully saturated rings. The average Bonchev–Trinajstić information content (AvgIpc) is 2.69. The number of hydrogen-bond donors (Lipinski definition) is 0. The van der Waals surface area contributed by atoms with E-state index >= 15 is 8.78 Å². The van der Waals surface area contributed by atoms with Gasteiger partial charge in [-0.25, -0.2) is 0 Å². The summed E-state index contributed by atoms with van der Waals surface area (Å²) in [5.41, 5.74) is -1.75. The summed E-state index contributed by atoms with van der Waals surface area (Å²) in [6.45, 7) is 2.33. The van der Waals surface area contributed by atoms with Crippen LogP contribution in [0.4, 0.5) is 17.6 Å². The van der Waals surface area contributed by atoms with E-state index in [1.54, 1.807) is 0 Å². The number of halogens is 5. The van der Waals surface area contributed by atoms with E-state index in [1.807, 2.05) is 0 Å². The van der Waals surface area contributed by atoms with Crippen molar-refractivity contribution in [2.24, 2.45) is 28.1 Å². The fraction of sp³-hybridized carbons (Fsp3) is 1.00. The molecule has 7 aliphatic carbocycles. The summed E-state index contributed by atoms with van der Waals surface area (Å²) >= 11 is 3.06. The van der Waals surface area contributed by atoms with Gasteiger partial charge in [0, 0.05) is 5.41 Å². The Labute approximate surface area is 174 Å². The minimum absolute atomic E-state index is 0.184. The van der Waals surface area contributed by atoms with Crippen LogP contribution in [0.1, 0.15) is 96.8 Å². The van der Waals surface area contributed by atoms with Crippen LogP contribution in [0.3, 0.4) is 0 Å². The van der Waals surface area contributed by atoms with Crippen molar-refractivity contribution in [2.75, 3.05) is 0 Å². The Bertz CT molecular complexity index is 616. The number of hydrogen-bond acceptors (Lipinski definition) is 0. The third-order valence-electron chi connectivity index (χ3n) is 10.7. The standard InChI is InChI=1S/C23H33BrF4/c1-16-2-4-17(5-3-16)18-6-9-19(10-7-18,11-8-18)20-12-14-21(24,15-13-20)23(27,28)22(20,25)26/h16-17H,2-15H2,1H3. The lowest BCUT2D eigenvalue weighted by atomic mass is 9.37. The summed E-state index contributed by atoms with van der Waals surface area (Å²) in [7, 11) is 0. The van der Waals surface area contributed by atoms with Crippen LogP contribution in [-0.2, 0) is 0 Å². The van der Waals surface area contributed by atoms with Gasteiger partial charge in [0.05, 0.1) is 4.32 Å². The quantitative estimate of drug-likeness (QED) is 0.285.